The summed E-state index contributed by atoms with van der Waals surface area (Å²) in [4.78, 5) is 29.2. The number of carbonyl (C=O) groups excluding carboxylic acids is 2. The number of urea groups is 1. The second-order valence-electron chi connectivity index (χ2n) is 6.18. The molecule has 2 unspecified atom stereocenters. The molecule has 3 amide bonds. The Labute approximate surface area is 131 Å². The van der Waals surface area contributed by atoms with Crippen LogP contribution in [-0.4, -0.2) is 36.0 Å². The summed E-state index contributed by atoms with van der Waals surface area (Å²) in [5.41, 5.74) is 1.53. The Balaban J connectivity index is 2.02. The van der Waals surface area contributed by atoms with Crippen LogP contribution in [0, 0.1) is 5.92 Å². The van der Waals surface area contributed by atoms with E-state index in [1.165, 1.54) is 0 Å². The molecule has 0 radical (unpaired) electrons. The zero-order valence-electron chi connectivity index (χ0n) is 13.2. The third-order valence-corrected chi connectivity index (χ3v) is 4.73. The van der Waals surface area contributed by atoms with Crippen LogP contribution in [0.25, 0.3) is 0 Å². The summed E-state index contributed by atoms with van der Waals surface area (Å²) in [5.74, 6) is 0.0282. The lowest BCUT2D eigenvalue weighted by Gasteiger charge is -2.40. The molecule has 0 aromatic heterocycles. The molecule has 1 fully saturated rings. The second-order valence-corrected chi connectivity index (χ2v) is 6.18. The van der Waals surface area contributed by atoms with Gasteiger partial charge in [-0.25, -0.2) is 4.79 Å². The van der Waals surface area contributed by atoms with Crippen LogP contribution in [0.5, 0.6) is 0 Å². The number of hydrogen-bond donors (Lipinski definition) is 1. The predicted molar refractivity (Wildman–Crippen MR) is 87.0 cm³/mol. The lowest BCUT2D eigenvalue weighted by molar-refractivity contribution is -0.118. The molecule has 118 valence electrons. The highest BCUT2D eigenvalue weighted by molar-refractivity contribution is 6.11. The molecule has 5 heteroatoms. The first-order valence-corrected chi connectivity index (χ1v) is 8.11. The number of anilines is 2. The average molecular weight is 301 g/mol. The van der Waals surface area contributed by atoms with Crippen LogP contribution in [-0.2, 0) is 4.79 Å². The molecule has 1 aromatic carbocycles. The average Bonchev–Trinajstić information content (AvgIpc) is 3.06. The Morgan fingerprint density at radius 3 is 2.68 bits per heavy atom. The van der Waals surface area contributed by atoms with Crippen LogP contribution < -0.4 is 10.2 Å². The van der Waals surface area contributed by atoms with Gasteiger partial charge in [-0.2, -0.15) is 0 Å². The van der Waals surface area contributed by atoms with Crippen molar-refractivity contribution in [3.05, 3.63) is 24.3 Å². The summed E-state index contributed by atoms with van der Waals surface area (Å²) in [6.45, 7) is 5.65. The predicted octanol–water partition coefficient (Wildman–Crippen LogP) is 3.08. The van der Waals surface area contributed by atoms with E-state index in [1.807, 2.05) is 36.1 Å². The van der Waals surface area contributed by atoms with Gasteiger partial charge in [0.2, 0.25) is 5.91 Å². The first-order chi connectivity index (χ1) is 10.6. The van der Waals surface area contributed by atoms with Crippen molar-refractivity contribution in [1.82, 2.24) is 4.90 Å². The van der Waals surface area contributed by atoms with E-state index in [1.54, 1.807) is 4.90 Å². The van der Waals surface area contributed by atoms with E-state index < -0.39 is 6.04 Å². The number of benzene rings is 1. The van der Waals surface area contributed by atoms with E-state index in [0.717, 1.165) is 43.7 Å². The number of hydrogen-bond acceptors (Lipinski definition) is 2. The smallest absolute Gasteiger partial charge is 0.324 e. The third-order valence-electron chi connectivity index (χ3n) is 4.73. The number of nitrogens with one attached hydrogen (secondary N) is 1. The Bertz CT molecular complexity index is 581. The van der Waals surface area contributed by atoms with Crippen molar-refractivity contribution in [2.24, 2.45) is 5.92 Å². The van der Waals surface area contributed by atoms with Gasteiger partial charge in [-0.15, -0.1) is 0 Å². The fourth-order valence-corrected chi connectivity index (χ4v) is 3.28. The number of para-hydroxylation sites is 2. The van der Waals surface area contributed by atoms with Crippen molar-refractivity contribution in [2.75, 3.05) is 23.3 Å². The van der Waals surface area contributed by atoms with Gasteiger partial charge in [0, 0.05) is 13.1 Å². The molecule has 5 nitrogen and oxygen atoms in total. The highest BCUT2D eigenvalue weighted by atomic mass is 16.2. The van der Waals surface area contributed by atoms with Crippen LogP contribution in [0.3, 0.4) is 0 Å². The molecule has 22 heavy (non-hydrogen) atoms. The molecule has 2 heterocycles. The van der Waals surface area contributed by atoms with Crippen molar-refractivity contribution in [3.8, 4) is 0 Å². The van der Waals surface area contributed by atoms with Gasteiger partial charge >= 0.3 is 6.03 Å². The normalized spacial score (nSPS) is 22.3. The number of rotatable bonds is 2. The monoisotopic (exact) mass is 301 g/mol. The summed E-state index contributed by atoms with van der Waals surface area (Å²) < 4.78 is 0. The van der Waals surface area contributed by atoms with E-state index in [0.29, 0.717) is 0 Å². The van der Waals surface area contributed by atoms with Gasteiger partial charge in [0.15, 0.2) is 0 Å². The van der Waals surface area contributed by atoms with Crippen LogP contribution in [0.4, 0.5) is 16.2 Å². The molecule has 1 N–H and O–H groups in total. The molecule has 0 bridgehead atoms. The van der Waals surface area contributed by atoms with Crippen LogP contribution in [0.2, 0.25) is 0 Å². The van der Waals surface area contributed by atoms with Gasteiger partial charge in [0.25, 0.3) is 0 Å². The summed E-state index contributed by atoms with van der Waals surface area (Å²) in [7, 11) is 0. The maximum absolute atomic E-state index is 13.0. The number of carbonyl (C=O) groups is 2. The fraction of sp³-hybridized carbons (Fsp3) is 0.529. The minimum absolute atomic E-state index is 0.0369. The van der Waals surface area contributed by atoms with Crippen LogP contribution >= 0.6 is 0 Å². The number of nitrogens with zero attached hydrogens (tertiary/aromatic N) is 2. The summed E-state index contributed by atoms with van der Waals surface area (Å²) in [5, 5.41) is 2.95. The first kappa shape index (κ1) is 14.9. The van der Waals surface area contributed by atoms with E-state index in [4.69, 9.17) is 0 Å². The largest absolute Gasteiger partial charge is 0.325 e. The minimum atomic E-state index is -0.437. The zero-order valence-corrected chi connectivity index (χ0v) is 13.2. The third kappa shape index (κ3) is 2.45. The van der Waals surface area contributed by atoms with Crippen molar-refractivity contribution >= 4 is 23.3 Å². The Morgan fingerprint density at radius 2 is 2.00 bits per heavy atom. The zero-order chi connectivity index (χ0) is 15.7. The molecule has 2 aliphatic heterocycles. The molecule has 3 rings (SSSR count). The highest BCUT2D eigenvalue weighted by Crippen LogP contribution is 2.36. The molecule has 0 spiro atoms. The van der Waals surface area contributed by atoms with Crippen molar-refractivity contribution < 1.29 is 9.59 Å². The number of likely N-dealkylation sites (tertiary alicyclic amines) is 1. The van der Waals surface area contributed by atoms with Gasteiger partial charge in [0.1, 0.15) is 6.04 Å². The molecular weight excluding hydrogens is 278 g/mol. The Hall–Kier alpha value is -2.04. The maximum Gasteiger partial charge on any atom is 0.325 e. The first-order valence-electron chi connectivity index (χ1n) is 8.11. The summed E-state index contributed by atoms with van der Waals surface area (Å²) in [6.07, 6.45) is 2.94. The molecule has 2 atom stereocenters. The van der Waals surface area contributed by atoms with E-state index in [9.17, 15) is 9.59 Å². The molecule has 1 saturated heterocycles. The number of fused-ring (bicyclic) bond motifs is 1. The molecule has 1 aromatic rings. The highest BCUT2D eigenvalue weighted by Gasteiger charge is 2.41. The lowest BCUT2D eigenvalue weighted by atomic mass is 9.94. The quantitative estimate of drug-likeness (QED) is 0.912. The van der Waals surface area contributed by atoms with E-state index in [2.05, 4.69) is 12.2 Å². The molecular formula is C17H23N3O2. The van der Waals surface area contributed by atoms with Crippen molar-refractivity contribution in [1.29, 1.82) is 0 Å². The fourth-order valence-electron chi connectivity index (χ4n) is 3.28. The standard InChI is InChI=1S/C17H23N3O2/c1-3-12(2)15-16(21)18-13-8-4-5-9-14(13)20(15)17(22)19-10-6-7-11-19/h4-5,8-9,12,15H,3,6-7,10-11H2,1-2H3,(H,18,21). The minimum Gasteiger partial charge on any atom is -0.324 e. The topological polar surface area (TPSA) is 52.7 Å². The number of amides is 3. The van der Waals surface area contributed by atoms with Gasteiger partial charge in [-0.1, -0.05) is 32.4 Å². The lowest BCUT2D eigenvalue weighted by Crippen LogP contribution is -2.57. The SMILES string of the molecule is CCC(C)C1C(=O)Nc2ccccc2N1C(=O)N1CCCC1. The van der Waals surface area contributed by atoms with E-state index in [-0.39, 0.29) is 17.9 Å². The van der Waals surface area contributed by atoms with Crippen LogP contribution in [0.15, 0.2) is 24.3 Å². The van der Waals surface area contributed by atoms with Gasteiger partial charge in [-0.05, 0) is 30.9 Å². The maximum atomic E-state index is 13.0. The molecule has 0 aliphatic carbocycles. The second kappa shape index (κ2) is 5.99. The van der Waals surface area contributed by atoms with Crippen LogP contribution in [0.1, 0.15) is 33.1 Å². The van der Waals surface area contributed by atoms with Gasteiger partial charge < -0.3 is 10.2 Å². The van der Waals surface area contributed by atoms with Gasteiger partial charge in [-0.3, -0.25) is 9.69 Å². The van der Waals surface area contributed by atoms with Crippen molar-refractivity contribution in [2.45, 2.75) is 39.2 Å². The van der Waals surface area contributed by atoms with Gasteiger partial charge in [0.05, 0.1) is 11.4 Å². The Morgan fingerprint density at radius 1 is 1.32 bits per heavy atom. The summed E-state index contributed by atoms with van der Waals surface area (Å²) >= 11 is 0. The Kier molecular flexibility index (Phi) is 4.05. The van der Waals surface area contributed by atoms with Crippen molar-refractivity contribution in [3.63, 3.8) is 0 Å². The van der Waals surface area contributed by atoms with E-state index >= 15 is 0 Å². The molecule has 2 aliphatic rings. The molecule has 0 saturated carbocycles. The summed E-state index contributed by atoms with van der Waals surface area (Å²) in [6, 6.07) is 7.08.